The maximum absolute atomic E-state index is 12.5. The molecular formula is C15H14F3N7O4S. The third kappa shape index (κ3) is 5.25. The Morgan fingerprint density at radius 2 is 1.87 bits per heavy atom. The first-order chi connectivity index (χ1) is 13.9. The molecule has 0 aliphatic rings. The summed E-state index contributed by atoms with van der Waals surface area (Å²) in [7, 11) is 1.63. The van der Waals surface area contributed by atoms with Crippen molar-refractivity contribution in [2.24, 2.45) is 12.8 Å². The number of carbonyl (C=O) groups is 3. The number of hydrogen-bond acceptors (Lipinski definition) is 7. The molecule has 30 heavy (non-hydrogen) atoms. The highest BCUT2D eigenvalue weighted by molar-refractivity contribution is 7.98. The second-order valence-electron chi connectivity index (χ2n) is 5.49. The minimum atomic E-state index is -5.08. The van der Waals surface area contributed by atoms with E-state index in [-0.39, 0.29) is 11.4 Å². The summed E-state index contributed by atoms with van der Waals surface area (Å²) < 4.78 is 34.6. The molecule has 4 N–H and O–H groups in total. The van der Waals surface area contributed by atoms with E-state index in [1.165, 1.54) is 27.2 Å². The van der Waals surface area contributed by atoms with Gasteiger partial charge in [0.25, 0.3) is 11.8 Å². The molecule has 0 aromatic carbocycles. The highest BCUT2D eigenvalue weighted by Gasteiger charge is 2.38. The fourth-order valence-electron chi connectivity index (χ4n) is 2.10. The van der Waals surface area contributed by atoms with Crippen LogP contribution in [0.15, 0.2) is 29.7 Å². The van der Waals surface area contributed by atoms with Gasteiger partial charge in [0.2, 0.25) is 5.16 Å². The zero-order chi connectivity index (χ0) is 22.6. The predicted octanol–water partition coefficient (Wildman–Crippen LogP) is 1.17. The minimum Gasteiger partial charge on any atom is -0.475 e. The molecule has 0 spiro atoms. The van der Waals surface area contributed by atoms with Gasteiger partial charge in [-0.25, -0.2) is 14.3 Å². The number of amides is 2. The van der Waals surface area contributed by atoms with Crippen LogP contribution in [0.3, 0.4) is 0 Å². The average Bonchev–Trinajstić information content (AvgIpc) is 3.24. The van der Waals surface area contributed by atoms with Crippen molar-refractivity contribution in [2.45, 2.75) is 11.3 Å². The number of aliphatic carboxylic acids is 1. The highest BCUT2D eigenvalue weighted by Crippen LogP contribution is 2.17. The molecule has 0 aliphatic heterocycles. The SMILES string of the molecule is CSc1ncc2ccc(C(=O)Nc3cn(C)nc3C(N)=O)n2n1.O=C(O)C(F)(F)F. The van der Waals surface area contributed by atoms with Crippen molar-refractivity contribution in [1.82, 2.24) is 24.4 Å². The van der Waals surface area contributed by atoms with Crippen LogP contribution in [-0.2, 0) is 11.8 Å². The molecule has 0 saturated heterocycles. The Balaban J connectivity index is 0.000000396. The van der Waals surface area contributed by atoms with Crippen LogP contribution in [0.5, 0.6) is 0 Å². The Morgan fingerprint density at radius 3 is 2.40 bits per heavy atom. The molecule has 2 amide bonds. The molecule has 0 unspecified atom stereocenters. The molecule has 0 saturated carbocycles. The third-order valence-electron chi connectivity index (χ3n) is 3.35. The zero-order valence-electron chi connectivity index (χ0n) is 15.3. The standard InChI is InChI=1S/C13H13N7O2S.C2HF3O2/c1-19-6-8(10(17-19)11(14)21)16-12(22)9-4-3-7-5-15-13(23-2)18-20(7)9;3-2(4,5)1(6)7/h3-6H,1-2H3,(H2,14,21)(H,16,22);(H,6,7). The molecule has 0 fully saturated rings. The van der Waals surface area contributed by atoms with Crippen molar-refractivity contribution >= 4 is 40.7 Å². The van der Waals surface area contributed by atoms with Gasteiger partial charge in [0.1, 0.15) is 5.69 Å². The Morgan fingerprint density at radius 1 is 1.23 bits per heavy atom. The van der Waals surface area contributed by atoms with Crippen LogP contribution in [0.1, 0.15) is 21.0 Å². The number of nitrogens with two attached hydrogens (primary N) is 1. The number of carboxylic acid groups (broad SMARTS) is 1. The molecule has 0 radical (unpaired) electrons. The number of halogens is 3. The van der Waals surface area contributed by atoms with Crippen LogP contribution in [0.4, 0.5) is 18.9 Å². The lowest BCUT2D eigenvalue weighted by atomic mass is 10.3. The van der Waals surface area contributed by atoms with Crippen LogP contribution in [0, 0.1) is 0 Å². The summed E-state index contributed by atoms with van der Waals surface area (Å²) >= 11 is 1.37. The van der Waals surface area contributed by atoms with Crippen molar-refractivity contribution < 1.29 is 32.7 Å². The van der Waals surface area contributed by atoms with Gasteiger partial charge in [0.05, 0.1) is 17.4 Å². The predicted molar refractivity (Wildman–Crippen MR) is 98.1 cm³/mol. The number of rotatable bonds is 4. The van der Waals surface area contributed by atoms with Crippen molar-refractivity contribution in [2.75, 3.05) is 11.6 Å². The summed E-state index contributed by atoms with van der Waals surface area (Å²) in [6.07, 6.45) is -0.0934. The van der Waals surface area contributed by atoms with E-state index in [1.54, 1.807) is 25.4 Å². The summed E-state index contributed by atoms with van der Waals surface area (Å²) in [5.74, 6) is -3.90. The van der Waals surface area contributed by atoms with Gasteiger partial charge < -0.3 is 16.2 Å². The van der Waals surface area contributed by atoms with Crippen molar-refractivity contribution in [3.8, 4) is 0 Å². The number of alkyl halides is 3. The minimum absolute atomic E-state index is 0.00106. The largest absolute Gasteiger partial charge is 0.490 e. The van der Waals surface area contributed by atoms with Crippen LogP contribution in [0.2, 0.25) is 0 Å². The molecule has 3 rings (SSSR count). The van der Waals surface area contributed by atoms with Gasteiger partial charge in [-0.2, -0.15) is 18.3 Å². The topological polar surface area (TPSA) is 158 Å². The number of fused-ring (bicyclic) bond motifs is 1. The number of carbonyl (C=O) groups excluding carboxylic acids is 2. The van der Waals surface area contributed by atoms with E-state index in [2.05, 4.69) is 20.5 Å². The fraction of sp³-hybridized carbons (Fsp3) is 0.200. The van der Waals surface area contributed by atoms with Crippen LogP contribution < -0.4 is 11.1 Å². The summed E-state index contributed by atoms with van der Waals surface area (Å²) in [6, 6.07) is 3.36. The lowest BCUT2D eigenvalue weighted by molar-refractivity contribution is -0.192. The number of anilines is 1. The zero-order valence-corrected chi connectivity index (χ0v) is 16.2. The second kappa shape index (κ2) is 8.81. The smallest absolute Gasteiger partial charge is 0.475 e. The Bertz CT molecular complexity index is 1110. The van der Waals surface area contributed by atoms with Gasteiger partial charge >= 0.3 is 12.1 Å². The van der Waals surface area contributed by atoms with Gasteiger partial charge in [0, 0.05) is 13.2 Å². The van der Waals surface area contributed by atoms with Gasteiger partial charge in [-0.3, -0.25) is 14.3 Å². The van der Waals surface area contributed by atoms with Crippen molar-refractivity contribution in [3.63, 3.8) is 0 Å². The van der Waals surface area contributed by atoms with Gasteiger partial charge in [-0.05, 0) is 18.4 Å². The molecule has 160 valence electrons. The van der Waals surface area contributed by atoms with E-state index in [9.17, 15) is 22.8 Å². The number of carboxylic acids is 1. The molecule has 3 heterocycles. The molecular weight excluding hydrogens is 431 g/mol. The third-order valence-corrected chi connectivity index (χ3v) is 3.90. The highest BCUT2D eigenvalue weighted by atomic mass is 32.2. The summed E-state index contributed by atoms with van der Waals surface area (Å²) in [5, 5.41) is 18.5. The molecule has 0 aliphatic carbocycles. The number of thioether (sulfide) groups is 1. The maximum Gasteiger partial charge on any atom is 0.490 e. The molecule has 3 aromatic rings. The first-order valence-corrected chi connectivity index (χ1v) is 9.00. The lowest BCUT2D eigenvalue weighted by Crippen LogP contribution is -2.21. The normalized spacial score (nSPS) is 11.0. The molecule has 0 bridgehead atoms. The van der Waals surface area contributed by atoms with E-state index in [0.717, 1.165) is 0 Å². The molecule has 11 nitrogen and oxygen atoms in total. The summed E-state index contributed by atoms with van der Waals surface area (Å²) in [4.78, 5) is 36.9. The molecule has 15 heteroatoms. The van der Waals surface area contributed by atoms with E-state index in [1.807, 2.05) is 6.26 Å². The van der Waals surface area contributed by atoms with Crippen LogP contribution in [-0.4, -0.2) is 59.7 Å². The molecule has 3 aromatic heterocycles. The number of aromatic nitrogens is 5. The first-order valence-electron chi connectivity index (χ1n) is 7.77. The van der Waals surface area contributed by atoms with Crippen LogP contribution in [0.25, 0.3) is 5.52 Å². The summed E-state index contributed by atoms with van der Waals surface area (Å²) in [5.41, 5.74) is 6.51. The van der Waals surface area contributed by atoms with Crippen molar-refractivity contribution in [3.05, 3.63) is 35.9 Å². The fourth-order valence-corrected chi connectivity index (χ4v) is 2.42. The number of aryl methyl sites for hydroxylation is 1. The number of nitrogens with zero attached hydrogens (tertiary/aromatic N) is 5. The van der Waals surface area contributed by atoms with E-state index >= 15 is 0 Å². The van der Waals surface area contributed by atoms with E-state index in [0.29, 0.717) is 16.4 Å². The Kier molecular flexibility index (Phi) is 6.66. The Hall–Kier alpha value is -3.62. The Labute approximate surface area is 170 Å². The number of hydrogen-bond donors (Lipinski definition) is 3. The summed E-state index contributed by atoms with van der Waals surface area (Å²) in [6.45, 7) is 0. The van der Waals surface area contributed by atoms with Gasteiger partial charge in [-0.1, -0.05) is 11.8 Å². The van der Waals surface area contributed by atoms with E-state index in [4.69, 9.17) is 15.6 Å². The van der Waals surface area contributed by atoms with Gasteiger partial charge in [-0.15, -0.1) is 5.10 Å². The maximum atomic E-state index is 12.5. The molecule has 0 atom stereocenters. The van der Waals surface area contributed by atoms with Crippen LogP contribution >= 0.6 is 11.8 Å². The van der Waals surface area contributed by atoms with E-state index < -0.39 is 24.0 Å². The second-order valence-corrected chi connectivity index (χ2v) is 6.26. The first kappa shape index (κ1) is 22.7. The quantitative estimate of drug-likeness (QED) is 0.505. The average molecular weight is 445 g/mol. The monoisotopic (exact) mass is 445 g/mol. The van der Waals surface area contributed by atoms with Crippen molar-refractivity contribution in [1.29, 1.82) is 0 Å². The number of primary amides is 1. The lowest BCUT2D eigenvalue weighted by Gasteiger charge is -2.04. The number of nitrogens with one attached hydrogen (secondary N) is 1. The van der Waals surface area contributed by atoms with Gasteiger partial charge in [0.15, 0.2) is 5.69 Å².